The van der Waals surface area contributed by atoms with E-state index in [-0.39, 0.29) is 17.4 Å². The van der Waals surface area contributed by atoms with Gasteiger partial charge in [-0.1, -0.05) is 54.1 Å². The van der Waals surface area contributed by atoms with E-state index in [1.807, 2.05) is 42.5 Å². The highest BCUT2D eigenvalue weighted by molar-refractivity contribution is 7.80. The van der Waals surface area contributed by atoms with Gasteiger partial charge in [0.1, 0.15) is 5.15 Å². The largest absolute Gasteiger partial charge is 0.331 e. The van der Waals surface area contributed by atoms with Gasteiger partial charge in [0.05, 0.1) is 18.3 Å². The SMILES string of the molecule is O=C(Cc1cccc2ccccc12)NC(=S)Nc1ccc(Cl)nc1. The minimum absolute atomic E-state index is 0.175. The number of anilines is 1. The Balaban J connectivity index is 1.64. The number of amides is 1. The predicted molar refractivity (Wildman–Crippen MR) is 101 cm³/mol. The van der Waals surface area contributed by atoms with Crippen molar-refractivity contribution >= 4 is 51.3 Å². The van der Waals surface area contributed by atoms with Crippen molar-refractivity contribution in [1.29, 1.82) is 0 Å². The predicted octanol–water partition coefficient (Wildman–Crippen LogP) is 3.94. The third kappa shape index (κ3) is 4.07. The number of nitrogens with one attached hydrogen (secondary N) is 2. The number of aromatic nitrogens is 1. The van der Waals surface area contributed by atoms with E-state index in [0.717, 1.165) is 16.3 Å². The first-order chi connectivity index (χ1) is 11.6. The summed E-state index contributed by atoms with van der Waals surface area (Å²) >= 11 is 10.9. The first-order valence-corrected chi connectivity index (χ1v) is 8.09. The van der Waals surface area contributed by atoms with Crippen LogP contribution in [0.3, 0.4) is 0 Å². The van der Waals surface area contributed by atoms with Gasteiger partial charge in [0.15, 0.2) is 5.11 Å². The van der Waals surface area contributed by atoms with Crippen LogP contribution in [0.15, 0.2) is 60.8 Å². The van der Waals surface area contributed by atoms with E-state index in [1.165, 1.54) is 0 Å². The number of pyridine rings is 1. The van der Waals surface area contributed by atoms with Crippen molar-refractivity contribution in [3.63, 3.8) is 0 Å². The van der Waals surface area contributed by atoms with Crippen molar-refractivity contribution in [3.05, 3.63) is 71.5 Å². The molecule has 0 saturated carbocycles. The number of carbonyl (C=O) groups is 1. The number of carbonyl (C=O) groups excluding carboxylic acids is 1. The summed E-state index contributed by atoms with van der Waals surface area (Å²) in [6.45, 7) is 0. The van der Waals surface area contributed by atoms with E-state index in [2.05, 4.69) is 15.6 Å². The monoisotopic (exact) mass is 355 g/mol. The van der Waals surface area contributed by atoms with Gasteiger partial charge < -0.3 is 10.6 Å². The van der Waals surface area contributed by atoms with Crippen LogP contribution in [0.5, 0.6) is 0 Å². The molecule has 1 heterocycles. The Labute approximate surface area is 149 Å². The number of benzene rings is 2. The van der Waals surface area contributed by atoms with Crippen LogP contribution in [-0.4, -0.2) is 16.0 Å². The fourth-order valence-electron chi connectivity index (χ4n) is 2.40. The van der Waals surface area contributed by atoms with Crippen LogP contribution in [0.2, 0.25) is 5.15 Å². The second kappa shape index (κ2) is 7.38. The average Bonchev–Trinajstić information content (AvgIpc) is 2.57. The Hall–Kier alpha value is -2.50. The lowest BCUT2D eigenvalue weighted by Gasteiger charge is -2.10. The van der Waals surface area contributed by atoms with Gasteiger partial charge in [0.2, 0.25) is 5.91 Å². The number of nitrogens with zero attached hydrogens (tertiary/aromatic N) is 1. The summed E-state index contributed by atoms with van der Waals surface area (Å²) in [7, 11) is 0. The van der Waals surface area contributed by atoms with Crippen molar-refractivity contribution in [2.75, 3.05) is 5.32 Å². The number of fused-ring (bicyclic) bond motifs is 1. The van der Waals surface area contributed by atoms with Crippen molar-refractivity contribution in [2.45, 2.75) is 6.42 Å². The van der Waals surface area contributed by atoms with E-state index in [9.17, 15) is 4.79 Å². The van der Waals surface area contributed by atoms with Gasteiger partial charge >= 0.3 is 0 Å². The molecule has 1 aromatic heterocycles. The molecule has 0 aliphatic heterocycles. The number of thiocarbonyl (C=S) groups is 1. The molecule has 0 atom stereocenters. The summed E-state index contributed by atoms with van der Waals surface area (Å²) in [6.07, 6.45) is 1.80. The van der Waals surface area contributed by atoms with E-state index in [4.69, 9.17) is 23.8 Å². The van der Waals surface area contributed by atoms with E-state index < -0.39 is 0 Å². The maximum absolute atomic E-state index is 12.2. The second-order valence-electron chi connectivity index (χ2n) is 5.19. The van der Waals surface area contributed by atoms with Crippen LogP contribution in [0.25, 0.3) is 10.8 Å². The van der Waals surface area contributed by atoms with Crippen molar-refractivity contribution in [2.24, 2.45) is 0 Å². The van der Waals surface area contributed by atoms with E-state index in [1.54, 1.807) is 18.3 Å². The fourth-order valence-corrected chi connectivity index (χ4v) is 2.75. The van der Waals surface area contributed by atoms with Crippen LogP contribution in [0.1, 0.15) is 5.56 Å². The fraction of sp³-hybridized carbons (Fsp3) is 0.0556. The standard InChI is InChI=1S/C18H14ClN3OS/c19-16-9-8-14(11-20-16)21-18(24)22-17(23)10-13-6-3-5-12-4-1-2-7-15(12)13/h1-9,11H,10H2,(H2,21,22,23,24). The lowest BCUT2D eigenvalue weighted by Crippen LogP contribution is -2.35. The number of halogens is 1. The average molecular weight is 356 g/mol. The molecule has 3 aromatic rings. The smallest absolute Gasteiger partial charge is 0.230 e. The number of rotatable bonds is 3. The summed E-state index contributed by atoms with van der Waals surface area (Å²) in [5.74, 6) is -0.175. The van der Waals surface area contributed by atoms with Crippen LogP contribution in [0.4, 0.5) is 5.69 Å². The Kier molecular flexibility index (Phi) is 5.03. The molecule has 3 rings (SSSR count). The molecule has 0 spiro atoms. The highest BCUT2D eigenvalue weighted by atomic mass is 35.5. The Morgan fingerprint density at radius 2 is 1.88 bits per heavy atom. The minimum atomic E-state index is -0.175. The molecule has 0 bridgehead atoms. The maximum Gasteiger partial charge on any atom is 0.230 e. The van der Waals surface area contributed by atoms with E-state index >= 15 is 0 Å². The first kappa shape index (κ1) is 16.4. The molecule has 0 saturated heterocycles. The van der Waals surface area contributed by atoms with Crippen LogP contribution >= 0.6 is 23.8 Å². The molecular formula is C18H14ClN3OS. The number of hydrogen-bond acceptors (Lipinski definition) is 3. The summed E-state index contributed by atoms with van der Waals surface area (Å²) < 4.78 is 0. The third-order valence-electron chi connectivity index (χ3n) is 3.47. The zero-order chi connectivity index (χ0) is 16.9. The molecule has 4 nitrogen and oxygen atoms in total. The zero-order valence-electron chi connectivity index (χ0n) is 12.6. The molecule has 2 N–H and O–H groups in total. The van der Waals surface area contributed by atoms with Crippen molar-refractivity contribution in [1.82, 2.24) is 10.3 Å². The van der Waals surface area contributed by atoms with E-state index in [0.29, 0.717) is 10.8 Å². The quantitative estimate of drug-likeness (QED) is 0.552. The Morgan fingerprint density at radius 1 is 1.08 bits per heavy atom. The molecule has 0 aliphatic carbocycles. The molecule has 0 unspecified atom stereocenters. The molecule has 1 amide bonds. The third-order valence-corrected chi connectivity index (χ3v) is 3.90. The summed E-state index contributed by atoms with van der Waals surface area (Å²) in [4.78, 5) is 16.2. The molecular weight excluding hydrogens is 342 g/mol. The summed E-state index contributed by atoms with van der Waals surface area (Å²) in [5.41, 5.74) is 1.62. The normalized spacial score (nSPS) is 10.4. The van der Waals surface area contributed by atoms with Gasteiger partial charge in [0, 0.05) is 0 Å². The van der Waals surface area contributed by atoms with Crippen LogP contribution < -0.4 is 10.6 Å². The molecule has 120 valence electrons. The molecule has 0 aliphatic rings. The van der Waals surface area contributed by atoms with Gasteiger partial charge in [0.25, 0.3) is 0 Å². The van der Waals surface area contributed by atoms with Gasteiger partial charge in [-0.05, 0) is 40.7 Å². The highest BCUT2D eigenvalue weighted by Crippen LogP contribution is 2.18. The lowest BCUT2D eigenvalue weighted by atomic mass is 10.0. The van der Waals surface area contributed by atoms with Gasteiger partial charge in [-0.25, -0.2) is 4.98 Å². The maximum atomic E-state index is 12.2. The summed E-state index contributed by atoms with van der Waals surface area (Å²) in [5, 5.41) is 8.37. The Morgan fingerprint density at radius 3 is 2.67 bits per heavy atom. The van der Waals surface area contributed by atoms with Crippen LogP contribution in [-0.2, 0) is 11.2 Å². The molecule has 0 radical (unpaired) electrons. The molecule has 24 heavy (non-hydrogen) atoms. The highest BCUT2D eigenvalue weighted by Gasteiger charge is 2.09. The van der Waals surface area contributed by atoms with Gasteiger partial charge in [-0.15, -0.1) is 0 Å². The van der Waals surface area contributed by atoms with Gasteiger partial charge in [-0.2, -0.15) is 0 Å². The number of hydrogen-bond donors (Lipinski definition) is 2. The zero-order valence-corrected chi connectivity index (χ0v) is 14.2. The summed E-state index contributed by atoms with van der Waals surface area (Å²) in [6, 6.07) is 17.3. The first-order valence-electron chi connectivity index (χ1n) is 7.31. The van der Waals surface area contributed by atoms with Crippen molar-refractivity contribution < 1.29 is 4.79 Å². The van der Waals surface area contributed by atoms with Crippen LogP contribution in [0, 0.1) is 0 Å². The molecule has 0 fully saturated rings. The lowest BCUT2D eigenvalue weighted by molar-refractivity contribution is -0.119. The topological polar surface area (TPSA) is 54.0 Å². The molecule has 2 aromatic carbocycles. The minimum Gasteiger partial charge on any atom is -0.331 e. The van der Waals surface area contributed by atoms with Gasteiger partial charge in [-0.3, -0.25) is 4.79 Å². The molecule has 6 heteroatoms. The second-order valence-corrected chi connectivity index (χ2v) is 5.98. The van der Waals surface area contributed by atoms with Crippen molar-refractivity contribution in [3.8, 4) is 0 Å². The Bertz CT molecular complexity index is 891.